The van der Waals surface area contributed by atoms with E-state index in [4.69, 9.17) is 0 Å². The van der Waals surface area contributed by atoms with Gasteiger partial charge in [-0.1, -0.05) is 54.6 Å². The molecule has 0 bridgehead atoms. The molecular formula is C26H22F2O5S3. The molecule has 0 spiro atoms. The van der Waals surface area contributed by atoms with Crippen molar-refractivity contribution in [2.45, 2.75) is 36.7 Å². The van der Waals surface area contributed by atoms with Crippen molar-refractivity contribution in [2.75, 3.05) is 0 Å². The Morgan fingerprint density at radius 1 is 0.583 bits per heavy atom. The molecule has 0 aliphatic carbocycles. The van der Waals surface area contributed by atoms with Crippen LogP contribution in [0.15, 0.2) is 140 Å². The van der Waals surface area contributed by atoms with Crippen LogP contribution in [0.2, 0.25) is 0 Å². The number of rotatable bonds is 6. The van der Waals surface area contributed by atoms with Gasteiger partial charge in [0.1, 0.15) is 0 Å². The van der Waals surface area contributed by atoms with Gasteiger partial charge in [0.25, 0.3) is 0 Å². The topological polar surface area (TPSA) is 91.3 Å². The third kappa shape index (κ3) is 6.79. The fraction of sp³-hybridized carbons (Fsp3) is 0.0769. The van der Waals surface area contributed by atoms with Crippen LogP contribution >= 0.6 is 0 Å². The Balaban J connectivity index is 0.000000392. The van der Waals surface area contributed by atoms with Gasteiger partial charge in [0.05, 0.1) is 20.7 Å². The van der Waals surface area contributed by atoms with Crippen LogP contribution < -0.4 is 0 Å². The van der Waals surface area contributed by atoms with E-state index >= 15 is 0 Å². The van der Waals surface area contributed by atoms with Crippen molar-refractivity contribution in [3.8, 4) is 0 Å². The second-order valence-corrected chi connectivity index (χ2v) is 13.1. The SMILES string of the molecule is CC(F)(F)S(=O)(=O)[O-].O=S(=O)(c1ccccc1)c1ccc([S+](c2ccccc2)c2ccccc2)cc1. The molecule has 5 nitrogen and oxygen atoms in total. The minimum Gasteiger partial charge on any atom is -0.743 e. The van der Waals surface area contributed by atoms with Crippen LogP contribution in [-0.2, 0) is 30.9 Å². The van der Waals surface area contributed by atoms with Crippen LogP contribution in [0.3, 0.4) is 0 Å². The first kappa shape index (κ1) is 27.5. The van der Waals surface area contributed by atoms with Gasteiger partial charge < -0.3 is 4.55 Å². The Kier molecular flexibility index (Phi) is 8.67. The van der Waals surface area contributed by atoms with Crippen molar-refractivity contribution in [1.82, 2.24) is 0 Å². The predicted molar refractivity (Wildman–Crippen MR) is 134 cm³/mol. The molecule has 188 valence electrons. The first-order valence-electron chi connectivity index (χ1n) is 10.5. The van der Waals surface area contributed by atoms with E-state index in [9.17, 15) is 30.2 Å². The van der Waals surface area contributed by atoms with Crippen molar-refractivity contribution >= 4 is 30.9 Å². The molecule has 10 heteroatoms. The molecule has 0 aliphatic rings. The van der Waals surface area contributed by atoms with E-state index in [2.05, 4.69) is 24.3 Å². The van der Waals surface area contributed by atoms with Gasteiger partial charge in [-0.2, -0.15) is 8.78 Å². The van der Waals surface area contributed by atoms with E-state index in [1.807, 2.05) is 54.6 Å². The largest absolute Gasteiger partial charge is 0.743 e. The monoisotopic (exact) mass is 548 g/mol. The first-order chi connectivity index (χ1) is 16.9. The third-order valence-electron chi connectivity index (χ3n) is 4.82. The number of hydrogen-bond donors (Lipinski definition) is 0. The summed E-state index contributed by atoms with van der Waals surface area (Å²) in [4.78, 5) is 4.11. The highest BCUT2D eigenvalue weighted by Crippen LogP contribution is 2.32. The summed E-state index contributed by atoms with van der Waals surface area (Å²) in [6.45, 7) is 0.0370. The van der Waals surface area contributed by atoms with Gasteiger partial charge in [-0.3, -0.25) is 0 Å². The molecule has 0 heterocycles. The molecule has 0 saturated carbocycles. The van der Waals surface area contributed by atoms with Crippen LogP contribution in [0, 0.1) is 0 Å². The molecule has 0 unspecified atom stereocenters. The highest BCUT2D eigenvalue weighted by molar-refractivity contribution is 7.97. The summed E-state index contributed by atoms with van der Waals surface area (Å²) >= 11 is 0. The standard InChI is InChI=1S/C24H19O2S2.C2H4F2O3S/c25-28(26,23-14-8-3-9-15-23)24-18-16-22(17-19-24)27(20-10-4-1-5-11-20)21-12-6-2-7-13-21;1-2(3,4)8(5,6)7/h1-19H;1H3,(H,5,6,7)/q+1;/p-1. The highest BCUT2D eigenvalue weighted by atomic mass is 32.2. The number of halogens is 2. The normalized spacial score (nSPS) is 12.0. The minimum absolute atomic E-state index is 0.0370. The maximum atomic E-state index is 12.9. The van der Waals surface area contributed by atoms with Crippen molar-refractivity contribution in [3.63, 3.8) is 0 Å². The summed E-state index contributed by atoms with van der Waals surface area (Å²) in [6, 6.07) is 36.4. The third-order valence-corrected chi connectivity index (χ3v) is 9.71. The Morgan fingerprint density at radius 2 is 0.889 bits per heavy atom. The van der Waals surface area contributed by atoms with Gasteiger partial charge in [0, 0.05) is 6.92 Å². The molecule has 0 atom stereocenters. The molecule has 4 aromatic rings. The summed E-state index contributed by atoms with van der Waals surface area (Å²) in [5.74, 6) is 0. The van der Waals surface area contributed by atoms with Crippen LogP contribution in [-0.4, -0.2) is 26.6 Å². The smallest absolute Gasteiger partial charge is 0.331 e. The maximum Gasteiger partial charge on any atom is 0.331 e. The van der Waals surface area contributed by atoms with E-state index in [0.717, 1.165) is 4.90 Å². The van der Waals surface area contributed by atoms with Crippen molar-refractivity contribution in [3.05, 3.63) is 115 Å². The summed E-state index contributed by atoms with van der Waals surface area (Å²) < 4.78 is 76.4. The molecule has 0 aromatic heterocycles. The molecule has 36 heavy (non-hydrogen) atoms. The van der Waals surface area contributed by atoms with Crippen LogP contribution in [0.25, 0.3) is 0 Å². The number of alkyl halides is 2. The van der Waals surface area contributed by atoms with Gasteiger partial charge in [0.2, 0.25) is 9.84 Å². The van der Waals surface area contributed by atoms with E-state index in [1.165, 1.54) is 9.79 Å². The first-order valence-corrected chi connectivity index (χ1v) is 14.6. The average Bonchev–Trinajstić information content (AvgIpc) is 2.86. The molecule has 0 radical (unpaired) electrons. The van der Waals surface area contributed by atoms with Crippen LogP contribution in [0.1, 0.15) is 6.92 Å². The Labute approximate surface area is 212 Å². The number of hydrogen-bond acceptors (Lipinski definition) is 5. The van der Waals surface area contributed by atoms with Gasteiger partial charge in [-0.05, 0) is 60.7 Å². The molecule has 0 saturated heterocycles. The fourth-order valence-electron chi connectivity index (χ4n) is 3.01. The van der Waals surface area contributed by atoms with E-state index in [1.54, 1.807) is 36.4 Å². The Hall–Kier alpha value is -3.05. The summed E-state index contributed by atoms with van der Waals surface area (Å²) in [5, 5.41) is -4.15. The van der Waals surface area contributed by atoms with E-state index < -0.39 is 25.2 Å². The lowest BCUT2D eigenvalue weighted by Gasteiger charge is -2.13. The summed E-state index contributed by atoms with van der Waals surface area (Å²) in [6.07, 6.45) is 0. The van der Waals surface area contributed by atoms with E-state index in [-0.39, 0.29) is 17.8 Å². The molecule has 4 aromatic carbocycles. The molecule has 0 aliphatic heterocycles. The zero-order valence-electron chi connectivity index (χ0n) is 19.0. The lowest BCUT2D eigenvalue weighted by molar-refractivity contribution is 0.100. The average molecular weight is 549 g/mol. The molecule has 0 fully saturated rings. The van der Waals surface area contributed by atoms with Gasteiger partial charge in [-0.25, -0.2) is 16.8 Å². The fourth-order valence-corrected chi connectivity index (χ4v) is 6.38. The van der Waals surface area contributed by atoms with Crippen molar-refractivity contribution < 1.29 is 30.2 Å². The number of sulfone groups is 1. The zero-order chi connectivity index (χ0) is 26.4. The highest BCUT2D eigenvalue weighted by Gasteiger charge is 2.30. The zero-order valence-corrected chi connectivity index (χ0v) is 21.4. The lowest BCUT2D eigenvalue weighted by Crippen LogP contribution is -2.23. The molecule has 0 N–H and O–H groups in total. The second kappa shape index (κ2) is 11.3. The quantitative estimate of drug-likeness (QED) is 0.226. The Bertz CT molecular complexity index is 1430. The molecule has 4 rings (SSSR count). The molecular weight excluding hydrogens is 526 g/mol. The second-order valence-electron chi connectivity index (χ2n) is 7.48. The van der Waals surface area contributed by atoms with Crippen LogP contribution in [0.5, 0.6) is 0 Å². The van der Waals surface area contributed by atoms with Crippen molar-refractivity contribution in [2.24, 2.45) is 0 Å². The Morgan fingerprint density at radius 3 is 1.25 bits per heavy atom. The minimum atomic E-state index is -5.42. The number of benzene rings is 4. The van der Waals surface area contributed by atoms with Crippen molar-refractivity contribution in [1.29, 1.82) is 0 Å². The molecule has 0 amide bonds. The van der Waals surface area contributed by atoms with Gasteiger partial charge in [0.15, 0.2) is 24.8 Å². The summed E-state index contributed by atoms with van der Waals surface area (Å²) in [5.41, 5.74) is 0. The van der Waals surface area contributed by atoms with E-state index in [0.29, 0.717) is 9.79 Å². The van der Waals surface area contributed by atoms with Crippen LogP contribution in [0.4, 0.5) is 8.78 Å². The lowest BCUT2D eigenvalue weighted by atomic mass is 10.3. The van der Waals surface area contributed by atoms with Gasteiger partial charge >= 0.3 is 5.25 Å². The predicted octanol–water partition coefficient (Wildman–Crippen LogP) is 5.76. The maximum absolute atomic E-state index is 12.9. The van der Waals surface area contributed by atoms with Gasteiger partial charge in [-0.15, -0.1) is 0 Å². The summed E-state index contributed by atoms with van der Waals surface area (Å²) in [7, 11) is -9.22.